The summed E-state index contributed by atoms with van der Waals surface area (Å²) in [5.41, 5.74) is -0.123. The van der Waals surface area contributed by atoms with E-state index in [9.17, 15) is 0 Å². The third kappa shape index (κ3) is 5.82. The molecule has 0 spiro atoms. The molecule has 17 heavy (non-hydrogen) atoms. The maximum Gasteiger partial charge on any atom is 0.104 e. The SMILES string of the molecule is CC(CC1CO1)OCCC(C)(C)OCC1CO1. The molecule has 100 valence electrons. The first-order valence-corrected chi connectivity index (χ1v) is 6.54. The molecule has 0 saturated carbocycles. The fourth-order valence-electron chi connectivity index (χ4n) is 1.70. The Morgan fingerprint density at radius 3 is 2.47 bits per heavy atom. The van der Waals surface area contributed by atoms with Crippen LogP contribution in [0.15, 0.2) is 0 Å². The van der Waals surface area contributed by atoms with Gasteiger partial charge in [-0.3, -0.25) is 0 Å². The van der Waals surface area contributed by atoms with Gasteiger partial charge in [0.25, 0.3) is 0 Å². The van der Waals surface area contributed by atoms with Crippen LogP contribution in [0.2, 0.25) is 0 Å². The van der Waals surface area contributed by atoms with E-state index in [1.165, 1.54) is 0 Å². The van der Waals surface area contributed by atoms with Crippen LogP contribution in [0, 0.1) is 0 Å². The van der Waals surface area contributed by atoms with Gasteiger partial charge in [0.15, 0.2) is 0 Å². The summed E-state index contributed by atoms with van der Waals surface area (Å²) in [6.45, 7) is 9.52. The smallest absolute Gasteiger partial charge is 0.104 e. The third-order valence-electron chi connectivity index (χ3n) is 3.17. The van der Waals surface area contributed by atoms with E-state index < -0.39 is 0 Å². The molecule has 0 aromatic carbocycles. The molecule has 2 aliphatic rings. The Labute approximate surface area is 104 Å². The van der Waals surface area contributed by atoms with Gasteiger partial charge in [0, 0.05) is 13.0 Å². The second kappa shape index (κ2) is 5.65. The standard InChI is InChI=1S/C13H24O4/c1-10(6-11-7-15-11)14-5-4-13(2,3)17-9-12-8-16-12/h10-12H,4-9H2,1-3H3. The first-order chi connectivity index (χ1) is 8.05. The van der Waals surface area contributed by atoms with Crippen LogP contribution in [0.5, 0.6) is 0 Å². The summed E-state index contributed by atoms with van der Waals surface area (Å²) in [5.74, 6) is 0. The molecule has 2 fully saturated rings. The fraction of sp³-hybridized carbons (Fsp3) is 1.00. The van der Waals surface area contributed by atoms with E-state index in [4.69, 9.17) is 18.9 Å². The third-order valence-corrected chi connectivity index (χ3v) is 3.17. The largest absolute Gasteiger partial charge is 0.378 e. The molecular formula is C13H24O4. The Balaban J connectivity index is 1.51. The molecule has 0 radical (unpaired) electrons. The minimum atomic E-state index is -0.123. The summed E-state index contributed by atoms with van der Waals surface area (Å²) < 4.78 is 21.9. The van der Waals surface area contributed by atoms with Gasteiger partial charge in [-0.2, -0.15) is 0 Å². The minimum absolute atomic E-state index is 0.123. The number of ether oxygens (including phenoxy) is 4. The topological polar surface area (TPSA) is 43.5 Å². The zero-order valence-corrected chi connectivity index (χ0v) is 11.1. The number of epoxide rings is 2. The van der Waals surface area contributed by atoms with Crippen LogP contribution >= 0.6 is 0 Å². The molecule has 0 N–H and O–H groups in total. The highest BCUT2D eigenvalue weighted by Gasteiger charge is 2.28. The van der Waals surface area contributed by atoms with Gasteiger partial charge in [-0.05, 0) is 27.2 Å². The molecule has 4 nitrogen and oxygen atoms in total. The molecule has 0 aromatic rings. The van der Waals surface area contributed by atoms with Crippen molar-refractivity contribution in [3.63, 3.8) is 0 Å². The van der Waals surface area contributed by atoms with Crippen molar-refractivity contribution in [1.82, 2.24) is 0 Å². The molecule has 3 atom stereocenters. The van der Waals surface area contributed by atoms with E-state index in [-0.39, 0.29) is 11.7 Å². The van der Waals surface area contributed by atoms with Crippen LogP contribution in [0.25, 0.3) is 0 Å². The van der Waals surface area contributed by atoms with Crippen molar-refractivity contribution in [3.8, 4) is 0 Å². The Kier molecular flexibility index (Phi) is 4.42. The lowest BCUT2D eigenvalue weighted by atomic mass is 10.1. The molecule has 0 aromatic heterocycles. The quantitative estimate of drug-likeness (QED) is 0.580. The van der Waals surface area contributed by atoms with E-state index in [0.29, 0.717) is 18.8 Å². The van der Waals surface area contributed by atoms with Crippen molar-refractivity contribution >= 4 is 0 Å². The Morgan fingerprint density at radius 2 is 1.88 bits per heavy atom. The molecule has 2 heterocycles. The average molecular weight is 244 g/mol. The van der Waals surface area contributed by atoms with Gasteiger partial charge in [0.05, 0.1) is 37.6 Å². The highest BCUT2D eigenvalue weighted by molar-refractivity contribution is 4.75. The number of hydrogen-bond acceptors (Lipinski definition) is 4. The highest BCUT2D eigenvalue weighted by atomic mass is 16.6. The van der Waals surface area contributed by atoms with Crippen molar-refractivity contribution in [3.05, 3.63) is 0 Å². The highest BCUT2D eigenvalue weighted by Crippen LogP contribution is 2.20. The van der Waals surface area contributed by atoms with E-state index >= 15 is 0 Å². The minimum Gasteiger partial charge on any atom is -0.378 e. The maximum atomic E-state index is 5.80. The second-order valence-electron chi connectivity index (χ2n) is 5.65. The van der Waals surface area contributed by atoms with Crippen LogP contribution in [-0.4, -0.2) is 50.3 Å². The monoisotopic (exact) mass is 244 g/mol. The van der Waals surface area contributed by atoms with Gasteiger partial charge >= 0.3 is 0 Å². The maximum absolute atomic E-state index is 5.80. The molecule has 0 amide bonds. The van der Waals surface area contributed by atoms with Gasteiger partial charge < -0.3 is 18.9 Å². The van der Waals surface area contributed by atoms with Crippen LogP contribution < -0.4 is 0 Å². The van der Waals surface area contributed by atoms with E-state index in [1.807, 2.05) is 0 Å². The first kappa shape index (κ1) is 13.3. The lowest BCUT2D eigenvalue weighted by molar-refractivity contribution is -0.0547. The lowest BCUT2D eigenvalue weighted by Crippen LogP contribution is -2.29. The van der Waals surface area contributed by atoms with Crippen molar-refractivity contribution in [1.29, 1.82) is 0 Å². The van der Waals surface area contributed by atoms with Crippen molar-refractivity contribution in [2.45, 2.75) is 57.5 Å². The van der Waals surface area contributed by atoms with Crippen LogP contribution in [0.3, 0.4) is 0 Å². The van der Waals surface area contributed by atoms with Crippen LogP contribution in [0.1, 0.15) is 33.6 Å². The zero-order valence-electron chi connectivity index (χ0n) is 11.1. The molecule has 3 unspecified atom stereocenters. The van der Waals surface area contributed by atoms with Crippen LogP contribution in [-0.2, 0) is 18.9 Å². The second-order valence-corrected chi connectivity index (χ2v) is 5.65. The molecule has 2 rings (SSSR count). The lowest BCUT2D eigenvalue weighted by Gasteiger charge is -2.25. The predicted octanol–water partition coefficient (Wildman–Crippen LogP) is 1.76. The first-order valence-electron chi connectivity index (χ1n) is 6.54. The van der Waals surface area contributed by atoms with Gasteiger partial charge in [0.1, 0.15) is 6.10 Å². The summed E-state index contributed by atoms with van der Waals surface area (Å²) >= 11 is 0. The van der Waals surface area contributed by atoms with Gasteiger partial charge in [-0.25, -0.2) is 0 Å². The molecule has 2 saturated heterocycles. The summed E-state index contributed by atoms with van der Waals surface area (Å²) in [5, 5.41) is 0. The van der Waals surface area contributed by atoms with Gasteiger partial charge in [-0.15, -0.1) is 0 Å². The molecule has 0 aliphatic carbocycles. The van der Waals surface area contributed by atoms with Gasteiger partial charge in [-0.1, -0.05) is 0 Å². The van der Waals surface area contributed by atoms with E-state index in [0.717, 1.165) is 32.7 Å². The normalized spacial score (nSPS) is 29.1. The molecule has 4 heteroatoms. The van der Waals surface area contributed by atoms with Gasteiger partial charge in [0.2, 0.25) is 0 Å². The average Bonchev–Trinajstić information content (AvgIpc) is 3.10. The Morgan fingerprint density at radius 1 is 1.24 bits per heavy atom. The van der Waals surface area contributed by atoms with Crippen molar-refractivity contribution in [2.24, 2.45) is 0 Å². The Bertz CT molecular complexity index is 234. The number of hydrogen-bond donors (Lipinski definition) is 0. The zero-order chi connectivity index (χ0) is 12.3. The van der Waals surface area contributed by atoms with Crippen molar-refractivity contribution in [2.75, 3.05) is 26.4 Å². The van der Waals surface area contributed by atoms with Crippen LogP contribution in [0.4, 0.5) is 0 Å². The predicted molar refractivity (Wildman–Crippen MR) is 64.2 cm³/mol. The molecule has 2 aliphatic heterocycles. The fourth-order valence-corrected chi connectivity index (χ4v) is 1.70. The summed E-state index contributed by atoms with van der Waals surface area (Å²) in [6, 6.07) is 0. The summed E-state index contributed by atoms with van der Waals surface area (Å²) in [7, 11) is 0. The Hall–Kier alpha value is -0.160. The van der Waals surface area contributed by atoms with E-state index in [1.54, 1.807) is 0 Å². The van der Waals surface area contributed by atoms with Crippen molar-refractivity contribution < 1.29 is 18.9 Å². The molecular weight excluding hydrogens is 220 g/mol. The molecule has 0 bridgehead atoms. The number of rotatable bonds is 9. The van der Waals surface area contributed by atoms with E-state index in [2.05, 4.69) is 20.8 Å². The summed E-state index contributed by atoms with van der Waals surface area (Å²) in [6.07, 6.45) is 2.99. The summed E-state index contributed by atoms with van der Waals surface area (Å²) in [4.78, 5) is 0.